The van der Waals surface area contributed by atoms with Crippen molar-refractivity contribution < 1.29 is 18.3 Å². The summed E-state index contributed by atoms with van der Waals surface area (Å²) in [5.41, 5.74) is -0.216. The molecule has 0 saturated carbocycles. The van der Waals surface area contributed by atoms with Crippen molar-refractivity contribution in [3.05, 3.63) is 54.0 Å². The van der Waals surface area contributed by atoms with E-state index in [-0.39, 0.29) is 24.2 Å². The van der Waals surface area contributed by atoms with Gasteiger partial charge >= 0.3 is 6.18 Å². The lowest BCUT2D eigenvalue weighted by atomic mass is 10.0. The largest absolute Gasteiger partial charge is 0.433 e. The molecule has 2 aromatic heterocycles. The zero-order chi connectivity index (χ0) is 17.2. The first kappa shape index (κ1) is 16.2. The highest BCUT2D eigenvalue weighted by atomic mass is 19.4. The number of hydrogen-bond donors (Lipinski definition) is 2. The van der Waals surface area contributed by atoms with E-state index in [1.807, 2.05) is 30.3 Å². The van der Waals surface area contributed by atoms with Gasteiger partial charge in [-0.25, -0.2) is 4.98 Å². The predicted octanol–water partition coefficient (Wildman–Crippen LogP) is 2.68. The van der Waals surface area contributed by atoms with Crippen molar-refractivity contribution in [2.24, 2.45) is 0 Å². The van der Waals surface area contributed by atoms with Gasteiger partial charge in [-0.1, -0.05) is 30.3 Å². The molecular formula is C15H14F3N5O. The van der Waals surface area contributed by atoms with Crippen LogP contribution in [0.25, 0.3) is 5.78 Å². The van der Waals surface area contributed by atoms with Gasteiger partial charge in [-0.15, -0.1) is 0 Å². The van der Waals surface area contributed by atoms with Crippen molar-refractivity contribution in [2.75, 3.05) is 11.9 Å². The molecule has 0 radical (unpaired) electrons. The van der Waals surface area contributed by atoms with Crippen molar-refractivity contribution in [1.82, 2.24) is 19.6 Å². The van der Waals surface area contributed by atoms with Gasteiger partial charge in [0.25, 0.3) is 5.78 Å². The molecule has 3 rings (SSSR count). The number of halogens is 3. The van der Waals surface area contributed by atoms with Crippen LogP contribution in [0.5, 0.6) is 0 Å². The summed E-state index contributed by atoms with van der Waals surface area (Å²) in [5, 5.41) is 16.2. The Morgan fingerprint density at radius 1 is 1.21 bits per heavy atom. The minimum Gasteiger partial charge on any atom is -0.396 e. The van der Waals surface area contributed by atoms with Crippen LogP contribution in [-0.2, 0) is 6.18 Å². The standard InChI is InChI=1S/C15H14F3N5O/c16-15(17,18)12-8-13(23-14(22-12)19-9-20-23)21-11(6-7-24)10-4-2-1-3-5-10/h1-5,8-9,11,21,24H,6-7H2/t11-/m1/s1. The number of alkyl halides is 3. The summed E-state index contributed by atoms with van der Waals surface area (Å²) in [6.45, 7) is -0.121. The monoisotopic (exact) mass is 337 g/mol. The number of nitrogens with one attached hydrogen (secondary N) is 1. The average Bonchev–Trinajstić information content (AvgIpc) is 3.03. The number of aliphatic hydroxyl groups is 1. The summed E-state index contributed by atoms with van der Waals surface area (Å²) in [6, 6.07) is 9.64. The fourth-order valence-electron chi connectivity index (χ4n) is 2.38. The number of aliphatic hydroxyl groups excluding tert-OH is 1. The molecule has 2 heterocycles. The molecule has 0 bridgehead atoms. The second kappa shape index (κ2) is 6.44. The molecule has 0 amide bonds. The first-order valence-corrected chi connectivity index (χ1v) is 7.19. The highest BCUT2D eigenvalue weighted by molar-refractivity contribution is 5.47. The van der Waals surface area contributed by atoms with Gasteiger partial charge < -0.3 is 10.4 Å². The summed E-state index contributed by atoms with van der Waals surface area (Å²) < 4.78 is 40.3. The fraction of sp³-hybridized carbons (Fsp3) is 0.267. The zero-order valence-electron chi connectivity index (χ0n) is 12.4. The molecule has 0 saturated heterocycles. The maximum atomic E-state index is 13.0. The highest BCUT2D eigenvalue weighted by Gasteiger charge is 2.34. The van der Waals surface area contributed by atoms with Gasteiger partial charge in [-0.2, -0.15) is 27.8 Å². The van der Waals surface area contributed by atoms with E-state index in [4.69, 9.17) is 0 Å². The Balaban J connectivity index is 2.02. The third-order valence-corrected chi connectivity index (χ3v) is 3.48. The molecule has 0 aliphatic heterocycles. The van der Waals surface area contributed by atoms with E-state index in [0.717, 1.165) is 18.0 Å². The Morgan fingerprint density at radius 3 is 2.62 bits per heavy atom. The van der Waals surface area contributed by atoms with Gasteiger partial charge in [0, 0.05) is 12.7 Å². The van der Waals surface area contributed by atoms with Gasteiger partial charge in [0.15, 0.2) is 5.69 Å². The van der Waals surface area contributed by atoms with Crippen molar-refractivity contribution >= 4 is 11.6 Å². The third kappa shape index (κ3) is 3.30. The van der Waals surface area contributed by atoms with E-state index in [2.05, 4.69) is 20.4 Å². The van der Waals surface area contributed by atoms with Crippen LogP contribution in [0, 0.1) is 0 Å². The minimum absolute atomic E-state index is 0.104. The second-order valence-electron chi connectivity index (χ2n) is 5.12. The number of anilines is 1. The van der Waals surface area contributed by atoms with E-state index >= 15 is 0 Å². The lowest BCUT2D eigenvalue weighted by Crippen LogP contribution is -2.17. The van der Waals surface area contributed by atoms with Gasteiger partial charge in [-0.3, -0.25) is 0 Å². The van der Waals surface area contributed by atoms with Crippen molar-refractivity contribution in [1.29, 1.82) is 0 Å². The number of benzene rings is 1. The van der Waals surface area contributed by atoms with E-state index in [1.165, 1.54) is 4.52 Å². The molecule has 9 heteroatoms. The Kier molecular flexibility index (Phi) is 4.34. The molecule has 1 aromatic carbocycles. The molecule has 24 heavy (non-hydrogen) atoms. The Labute approximate surface area is 135 Å². The zero-order valence-corrected chi connectivity index (χ0v) is 12.4. The molecular weight excluding hydrogens is 323 g/mol. The minimum atomic E-state index is -4.59. The molecule has 126 valence electrons. The lowest BCUT2D eigenvalue weighted by molar-refractivity contribution is -0.141. The summed E-state index contributed by atoms with van der Waals surface area (Å²) in [4.78, 5) is 7.20. The van der Waals surface area contributed by atoms with Crippen molar-refractivity contribution in [3.63, 3.8) is 0 Å². The van der Waals surface area contributed by atoms with Gasteiger partial charge in [0.05, 0.1) is 6.04 Å². The van der Waals surface area contributed by atoms with Crippen LogP contribution in [0.2, 0.25) is 0 Å². The lowest BCUT2D eigenvalue weighted by Gasteiger charge is -2.20. The summed E-state index contributed by atoms with van der Waals surface area (Å²) in [7, 11) is 0. The molecule has 0 spiro atoms. The topological polar surface area (TPSA) is 75.3 Å². The van der Waals surface area contributed by atoms with Crippen LogP contribution in [0.1, 0.15) is 23.7 Å². The van der Waals surface area contributed by atoms with E-state index < -0.39 is 11.9 Å². The molecule has 0 fully saturated rings. The molecule has 0 aliphatic rings. The maximum Gasteiger partial charge on any atom is 0.433 e. The van der Waals surface area contributed by atoms with Crippen molar-refractivity contribution in [2.45, 2.75) is 18.6 Å². The number of nitrogens with zero attached hydrogens (tertiary/aromatic N) is 4. The summed E-state index contributed by atoms with van der Waals surface area (Å²) in [6.07, 6.45) is -3.13. The van der Waals surface area contributed by atoms with E-state index in [0.29, 0.717) is 6.42 Å². The van der Waals surface area contributed by atoms with Crippen LogP contribution in [0.4, 0.5) is 19.0 Å². The molecule has 6 nitrogen and oxygen atoms in total. The molecule has 0 unspecified atom stereocenters. The number of aromatic nitrogens is 4. The normalized spacial score (nSPS) is 13.2. The molecule has 1 atom stereocenters. The van der Waals surface area contributed by atoms with Gasteiger partial charge in [-0.05, 0) is 12.0 Å². The first-order chi connectivity index (χ1) is 11.5. The van der Waals surface area contributed by atoms with Gasteiger partial charge in [0.1, 0.15) is 12.1 Å². The molecule has 3 aromatic rings. The number of hydrogen-bond acceptors (Lipinski definition) is 5. The maximum absolute atomic E-state index is 13.0. The molecule has 0 aliphatic carbocycles. The number of fused-ring (bicyclic) bond motifs is 1. The third-order valence-electron chi connectivity index (χ3n) is 3.48. The van der Waals surface area contributed by atoms with Crippen LogP contribution in [0.3, 0.4) is 0 Å². The average molecular weight is 337 g/mol. The highest BCUT2D eigenvalue weighted by Crippen LogP contribution is 2.31. The second-order valence-corrected chi connectivity index (χ2v) is 5.12. The number of rotatable bonds is 5. The Morgan fingerprint density at radius 2 is 1.96 bits per heavy atom. The van der Waals surface area contributed by atoms with E-state index in [1.54, 1.807) is 0 Å². The van der Waals surface area contributed by atoms with Gasteiger partial charge in [0.2, 0.25) is 0 Å². The van der Waals surface area contributed by atoms with Crippen LogP contribution < -0.4 is 5.32 Å². The predicted molar refractivity (Wildman–Crippen MR) is 80.3 cm³/mol. The SMILES string of the molecule is OCC[C@@H](Nc1cc(C(F)(F)F)nc2ncnn12)c1ccccc1. The van der Waals surface area contributed by atoms with Crippen molar-refractivity contribution in [3.8, 4) is 0 Å². The van der Waals surface area contributed by atoms with E-state index in [9.17, 15) is 18.3 Å². The van der Waals surface area contributed by atoms with Crippen LogP contribution in [0.15, 0.2) is 42.7 Å². The van der Waals surface area contributed by atoms with Crippen LogP contribution >= 0.6 is 0 Å². The Hall–Kier alpha value is -2.68. The fourth-order valence-corrected chi connectivity index (χ4v) is 2.38. The first-order valence-electron chi connectivity index (χ1n) is 7.19. The van der Waals surface area contributed by atoms with Crippen LogP contribution in [-0.4, -0.2) is 31.3 Å². The summed E-state index contributed by atoms with van der Waals surface area (Å²) >= 11 is 0. The Bertz CT molecular complexity index is 819. The smallest absolute Gasteiger partial charge is 0.396 e. The quantitative estimate of drug-likeness (QED) is 0.749. The summed E-state index contributed by atoms with van der Waals surface area (Å²) in [5.74, 6) is -0.0461. The molecule has 2 N–H and O–H groups in total.